The second-order valence-electron chi connectivity index (χ2n) is 8.74. The van der Waals surface area contributed by atoms with Crippen molar-refractivity contribution >= 4 is 23.2 Å². The molecular weight excluding hydrogens is 438 g/mol. The maximum Gasteiger partial charge on any atom is 0.255 e. The highest BCUT2D eigenvalue weighted by molar-refractivity contribution is 6.35. The molecular formula is C22H32ClN3O6. The molecule has 32 heavy (non-hydrogen) atoms. The smallest absolute Gasteiger partial charge is 0.255 e. The number of aliphatic hydroxyl groups is 1. The molecule has 3 aliphatic heterocycles. The van der Waals surface area contributed by atoms with Crippen LogP contribution in [0.2, 0.25) is 5.02 Å². The van der Waals surface area contributed by atoms with E-state index >= 15 is 0 Å². The van der Waals surface area contributed by atoms with Gasteiger partial charge in [0.25, 0.3) is 5.91 Å². The number of β-amino-alcohol motifs (C(OH)–C–C–N with tert-alkyl or cyclic N) is 1. The second kappa shape index (κ2) is 10.0. The van der Waals surface area contributed by atoms with Crippen molar-refractivity contribution in [3.63, 3.8) is 0 Å². The van der Waals surface area contributed by atoms with Gasteiger partial charge in [-0.3, -0.25) is 4.79 Å². The Bertz CT molecular complexity index is 832. The summed E-state index contributed by atoms with van der Waals surface area (Å²) in [6, 6.07) is 1.50. The SMILES string of the molecule is CC1(CCCN2CC[C@@H](CNC(=O)c3cc(N)c(Cl)c4c3OCCO4)[C@H](O)C2)OCCO1. The minimum absolute atomic E-state index is 0.0214. The van der Waals surface area contributed by atoms with Crippen LogP contribution in [0.3, 0.4) is 0 Å². The molecule has 1 aromatic carbocycles. The monoisotopic (exact) mass is 469 g/mol. The Hall–Kier alpha value is -1.78. The molecule has 1 amide bonds. The van der Waals surface area contributed by atoms with E-state index in [4.69, 9.17) is 36.3 Å². The fraction of sp³-hybridized carbons (Fsp3) is 0.682. The lowest BCUT2D eigenvalue weighted by atomic mass is 9.93. The number of piperidine rings is 1. The Kier molecular flexibility index (Phi) is 7.31. The first kappa shape index (κ1) is 23.4. The molecule has 3 heterocycles. The van der Waals surface area contributed by atoms with Gasteiger partial charge in [-0.25, -0.2) is 0 Å². The average Bonchev–Trinajstić information content (AvgIpc) is 3.22. The third-order valence-electron chi connectivity index (χ3n) is 6.36. The summed E-state index contributed by atoms with van der Waals surface area (Å²) in [5.41, 5.74) is 6.49. The number of aliphatic hydroxyl groups excluding tert-OH is 1. The zero-order valence-electron chi connectivity index (χ0n) is 18.4. The molecule has 0 unspecified atom stereocenters. The maximum absolute atomic E-state index is 12.8. The van der Waals surface area contributed by atoms with E-state index in [9.17, 15) is 9.90 Å². The first-order chi connectivity index (χ1) is 15.4. The number of fused-ring (bicyclic) bond motifs is 1. The van der Waals surface area contributed by atoms with Gasteiger partial charge in [0.2, 0.25) is 0 Å². The second-order valence-corrected chi connectivity index (χ2v) is 9.12. The minimum atomic E-state index is -0.512. The van der Waals surface area contributed by atoms with Gasteiger partial charge < -0.3 is 40.0 Å². The Morgan fingerprint density at radius 1 is 1.28 bits per heavy atom. The molecule has 0 aliphatic carbocycles. The number of amides is 1. The van der Waals surface area contributed by atoms with Crippen LogP contribution in [0.4, 0.5) is 5.69 Å². The van der Waals surface area contributed by atoms with Crippen LogP contribution in [-0.2, 0) is 9.47 Å². The van der Waals surface area contributed by atoms with Crippen LogP contribution in [0.15, 0.2) is 6.07 Å². The summed E-state index contributed by atoms with van der Waals surface area (Å²) in [7, 11) is 0. The molecule has 178 valence electrons. The molecule has 2 atom stereocenters. The van der Waals surface area contributed by atoms with Gasteiger partial charge >= 0.3 is 0 Å². The van der Waals surface area contributed by atoms with Gasteiger partial charge in [-0.1, -0.05) is 11.6 Å². The van der Waals surface area contributed by atoms with Crippen molar-refractivity contribution in [2.75, 3.05) is 58.3 Å². The quantitative estimate of drug-likeness (QED) is 0.516. The first-order valence-corrected chi connectivity index (χ1v) is 11.6. The number of carbonyl (C=O) groups is 1. The molecule has 2 fully saturated rings. The lowest BCUT2D eigenvalue weighted by molar-refractivity contribution is -0.148. The minimum Gasteiger partial charge on any atom is -0.485 e. The van der Waals surface area contributed by atoms with E-state index in [1.165, 1.54) is 6.07 Å². The van der Waals surface area contributed by atoms with Crippen molar-refractivity contribution in [3.8, 4) is 11.5 Å². The van der Waals surface area contributed by atoms with E-state index in [1.807, 2.05) is 6.92 Å². The number of nitrogens with zero attached hydrogens (tertiary/aromatic N) is 1. The summed E-state index contributed by atoms with van der Waals surface area (Å²) < 4.78 is 22.5. The number of nitrogen functional groups attached to an aromatic ring is 1. The number of likely N-dealkylation sites (tertiary alicyclic amines) is 1. The summed E-state index contributed by atoms with van der Waals surface area (Å²) in [5.74, 6) is -0.201. The van der Waals surface area contributed by atoms with E-state index in [0.29, 0.717) is 56.6 Å². The van der Waals surface area contributed by atoms with Crippen molar-refractivity contribution in [1.29, 1.82) is 0 Å². The lowest BCUT2D eigenvalue weighted by Crippen LogP contribution is -2.48. The predicted octanol–water partition coefficient (Wildman–Crippen LogP) is 1.65. The fourth-order valence-corrected chi connectivity index (χ4v) is 4.69. The molecule has 1 aromatic rings. The number of benzene rings is 1. The van der Waals surface area contributed by atoms with Crippen LogP contribution >= 0.6 is 11.6 Å². The van der Waals surface area contributed by atoms with Gasteiger partial charge in [0.05, 0.1) is 30.6 Å². The van der Waals surface area contributed by atoms with Gasteiger partial charge in [-0.15, -0.1) is 0 Å². The molecule has 4 N–H and O–H groups in total. The molecule has 4 rings (SSSR count). The van der Waals surface area contributed by atoms with Crippen molar-refractivity contribution in [1.82, 2.24) is 10.2 Å². The number of halogens is 1. The van der Waals surface area contributed by atoms with Gasteiger partial charge in [-0.2, -0.15) is 0 Å². The molecule has 0 bridgehead atoms. The van der Waals surface area contributed by atoms with Crippen LogP contribution in [-0.4, -0.2) is 80.4 Å². The summed E-state index contributed by atoms with van der Waals surface area (Å²) in [4.78, 5) is 15.1. The molecule has 0 saturated carbocycles. The summed E-state index contributed by atoms with van der Waals surface area (Å²) in [6.45, 7) is 6.66. The van der Waals surface area contributed by atoms with Crippen LogP contribution in [0.25, 0.3) is 0 Å². The van der Waals surface area contributed by atoms with Gasteiger partial charge in [0.1, 0.15) is 18.2 Å². The predicted molar refractivity (Wildman–Crippen MR) is 119 cm³/mol. The van der Waals surface area contributed by atoms with E-state index in [0.717, 1.165) is 32.4 Å². The molecule has 2 saturated heterocycles. The number of rotatable bonds is 7. The zero-order valence-corrected chi connectivity index (χ0v) is 19.2. The normalized spacial score (nSPS) is 25.0. The Morgan fingerprint density at radius 2 is 2.00 bits per heavy atom. The number of hydrogen-bond donors (Lipinski definition) is 3. The standard InChI is InChI=1S/C22H32ClN3O6/c1-22(31-9-10-32-22)4-2-5-26-6-3-14(17(27)13-26)12-25-21(28)15-11-16(24)18(23)20-19(15)29-7-8-30-20/h11,14,17,27H,2-10,12-13,24H2,1H3,(H,25,28)/t14-,17+/m0/s1. The van der Waals surface area contributed by atoms with Crippen molar-refractivity contribution in [2.24, 2.45) is 5.92 Å². The fourth-order valence-electron chi connectivity index (χ4n) is 4.50. The Morgan fingerprint density at radius 3 is 2.72 bits per heavy atom. The number of hydrogen-bond acceptors (Lipinski definition) is 8. The number of carbonyl (C=O) groups excluding carboxylic acids is 1. The molecule has 9 nitrogen and oxygen atoms in total. The summed E-state index contributed by atoms with van der Waals surface area (Å²) in [5, 5.41) is 13.8. The van der Waals surface area contributed by atoms with Gasteiger partial charge in [-0.05, 0) is 38.9 Å². The third-order valence-corrected chi connectivity index (χ3v) is 6.75. The number of nitrogens with one attached hydrogen (secondary N) is 1. The van der Waals surface area contributed by atoms with Crippen LogP contribution in [0, 0.1) is 5.92 Å². The average molecular weight is 470 g/mol. The molecule has 0 aromatic heterocycles. The number of nitrogens with two attached hydrogens (primary N) is 1. The summed E-state index contributed by atoms with van der Waals surface area (Å²) in [6.07, 6.45) is 2.06. The van der Waals surface area contributed by atoms with Crippen molar-refractivity contribution in [2.45, 2.75) is 38.1 Å². The van der Waals surface area contributed by atoms with Gasteiger partial charge in [0, 0.05) is 25.4 Å². The molecule has 0 radical (unpaired) electrons. The van der Waals surface area contributed by atoms with E-state index < -0.39 is 11.9 Å². The largest absolute Gasteiger partial charge is 0.485 e. The third kappa shape index (κ3) is 5.23. The molecule has 0 spiro atoms. The number of ether oxygens (including phenoxy) is 4. The van der Waals surface area contributed by atoms with Crippen molar-refractivity contribution < 1.29 is 28.8 Å². The molecule has 10 heteroatoms. The Balaban J connectivity index is 1.26. The molecule has 3 aliphatic rings. The van der Waals surface area contributed by atoms with Crippen molar-refractivity contribution in [3.05, 3.63) is 16.7 Å². The van der Waals surface area contributed by atoms with E-state index in [2.05, 4.69) is 10.2 Å². The van der Waals surface area contributed by atoms with Gasteiger partial charge in [0.15, 0.2) is 17.3 Å². The highest BCUT2D eigenvalue weighted by atomic mass is 35.5. The topological polar surface area (TPSA) is 116 Å². The lowest BCUT2D eigenvalue weighted by Gasteiger charge is -2.36. The van der Waals surface area contributed by atoms with Crippen LogP contribution in [0.5, 0.6) is 11.5 Å². The summed E-state index contributed by atoms with van der Waals surface area (Å²) >= 11 is 6.19. The Labute approximate surface area is 193 Å². The highest BCUT2D eigenvalue weighted by Gasteiger charge is 2.32. The van der Waals surface area contributed by atoms with Crippen LogP contribution < -0.4 is 20.5 Å². The van der Waals surface area contributed by atoms with Crippen LogP contribution in [0.1, 0.15) is 36.5 Å². The van der Waals surface area contributed by atoms with E-state index in [1.54, 1.807) is 0 Å². The highest BCUT2D eigenvalue weighted by Crippen LogP contribution is 2.43. The van der Waals surface area contributed by atoms with E-state index in [-0.39, 0.29) is 22.5 Å². The maximum atomic E-state index is 12.8. The number of anilines is 1. The zero-order chi connectivity index (χ0) is 22.7. The first-order valence-electron chi connectivity index (χ1n) is 11.2.